The van der Waals surface area contributed by atoms with Crippen LogP contribution in [0.2, 0.25) is 0 Å². The number of hydrogen-bond acceptors (Lipinski definition) is 3. The second kappa shape index (κ2) is 5.85. The summed E-state index contributed by atoms with van der Waals surface area (Å²) < 4.78 is 5.91. The molecule has 1 heterocycles. The van der Waals surface area contributed by atoms with E-state index in [-0.39, 0.29) is 5.22 Å². The molecular weight excluding hydrogens is 192 g/mol. The maximum atomic E-state index is 5.91. The standard InChI is InChI=1S/C10H24N2OSi/c1-11-9(12-2)5-7-10(14)6-3-4-8-13-10/h9,11-12H,3-8H2,1-2,14H3. The SMILES string of the molecule is CNC(CCC1([SiH3])CCCCO1)NC. The van der Waals surface area contributed by atoms with Crippen molar-refractivity contribution in [2.45, 2.75) is 43.5 Å². The van der Waals surface area contributed by atoms with Gasteiger partial charge < -0.3 is 15.4 Å². The molecule has 0 aromatic rings. The fourth-order valence-electron chi connectivity index (χ4n) is 2.07. The molecule has 0 amide bonds. The van der Waals surface area contributed by atoms with Crippen LogP contribution in [0.15, 0.2) is 0 Å². The summed E-state index contributed by atoms with van der Waals surface area (Å²) >= 11 is 0. The maximum absolute atomic E-state index is 5.91. The zero-order valence-corrected chi connectivity index (χ0v) is 11.7. The topological polar surface area (TPSA) is 33.3 Å². The lowest BCUT2D eigenvalue weighted by Crippen LogP contribution is -2.42. The van der Waals surface area contributed by atoms with Crippen LogP contribution in [-0.4, -0.2) is 42.3 Å². The molecule has 0 saturated carbocycles. The summed E-state index contributed by atoms with van der Waals surface area (Å²) in [4.78, 5) is 0. The quantitative estimate of drug-likeness (QED) is 0.493. The van der Waals surface area contributed by atoms with Crippen LogP contribution in [0.4, 0.5) is 0 Å². The smallest absolute Gasteiger partial charge is 0.0567 e. The molecule has 1 atom stereocenters. The number of ether oxygens (including phenoxy) is 1. The number of nitrogens with one attached hydrogen (secondary N) is 2. The summed E-state index contributed by atoms with van der Waals surface area (Å²) in [6.45, 7) is 0.979. The molecule has 0 bridgehead atoms. The fourth-order valence-corrected chi connectivity index (χ4v) is 2.92. The molecule has 3 nitrogen and oxygen atoms in total. The van der Waals surface area contributed by atoms with Crippen LogP contribution in [0.3, 0.4) is 0 Å². The fraction of sp³-hybridized carbons (Fsp3) is 1.00. The first kappa shape index (κ1) is 12.2. The third kappa shape index (κ3) is 3.69. The van der Waals surface area contributed by atoms with E-state index in [1.165, 1.54) is 25.7 Å². The van der Waals surface area contributed by atoms with Crippen molar-refractivity contribution in [3.8, 4) is 0 Å². The lowest BCUT2D eigenvalue weighted by Gasteiger charge is -2.35. The highest BCUT2D eigenvalue weighted by atomic mass is 28.1. The maximum Gasteiger partial charge on any atom is 0.0567 e. The van der Waals surface area contributed by atoms with Crippen LogP contribution in [-0.2, 0) is 4.74 Å². The normalized spacial score (nSPS) is 28.5. The van der Waals surface area contributed by atoms with Crippen LogP contribution >= 0.6 is 0 Å². The summed E-state index contributed by atoms with van der Waals surface area (Å²) in [6.07, 6.45) is 6.69. The van der Waals surface area contributed by atoms with Gasteiger partial charge in [-0.1, -0.05) is 0 Å². The van der Waals surface area contributed by atoms with Crippen LogP contribution in [0.25, 0.3) is 0 Å². The first-order valence-corrected chi connectivity index (χ1v) is 6.69. The molecule has 1 saturated heterocycles. The van der Waals surface area contributed by atoms with E-state index >= 15 is 0 Å². The van der Waals surface area contributed by atoms with Gasteiger partial charge in [-0.2, -0.15) is 0 Å². The second-order valence-corrected chi connectivity index (χ2v) is 6.25. The predicted octanol–water partition coefficient (Wildman–Crippen LogP) is -0.206. The van der Waals surface area contributed by atoms with Gasteiger partial charge in [0, 0.05) is 22.1 Å². The van der Waals surface area contributed by atoms with Crippen molar-refractivity contribution in [2.24, 2.45) is 0 Å². The lowest BCUT2D eigenvalue weighted by atomic mass is 10.0. The van der Waals surface area contributed by atoms with Crippen LogP contribution in [0.5, 0.6) is 0 Å². The molecule has 0 aromatic carbocycles. The van der Waals surface area contributed by atoms with E-state index in [0.717, 1.165) is 23.3 Å². The zero-order valence-electron chi connectivity index (χ0n) is 9.73. The van der Waals surface area contributed by atoms with Crippen molar-refractivity contribution < 1.29 is 4.74 Å². The van der Waals surface area contributed by atoms with Crippen molar-refractivity contribution >= 4 is 10.2 Å². The average molecular weight is 216 g/mol. The Morgan fingerprint density at radius 1 is 1.36 bits per heavy atom. The summed E-state index contributed by atoms with van der Waals surface area (Å²) in [7, 11) is 5.17. The summed E-state index contributed by atoms with van der Waals surface area (Å²) in [5.41, 5.74) is 0. The number of hydrogen-bond donors (Lipinski definition) is 2. The third-order valence-electron chi connectivity index (χ3n) is 3.21. The Balaban J connectivity index is 2.27. The Bertz CT molecular complexity index is 156. The highest BCUT2D eigenvalue weighted by Gasteiger charge is 2.27. The minimum Gasteiger partial charge on any atom is -0.380 e. The lowest BCUT2D eigenvalue weighted by molar-refractivity contribution is -0.0253. The molecule has 1 aliphatic heterocycles. The molecule has 84 valence electrons. The molecule has 1 unspecified atom stereocenters. The van der Waals surface area contributed by atoms with E-state index in [1.807, 2.05) is 14.1 Å². The van der Waals surface area contributed by atoms with Gasteiger partial charge in [0.2, 0.25) is 0 Å². The molecule has 1 fully saturated rings. The highest BCUT2D eigenvalue weighted by Crippen LogP contribution is 2.26. The van der Waals surface area contributed by atoms with Gasteiger partial charge in [-0.25, -0.2) is 0 Å². The van der Waals surface area contributed by atoms with E-state index in [4.69, 9.17) is 4.74 Å². The average Bonchev–Trinajstić information content (AvgIpc) is 2.20. The zero-order chi connectivity index (χ0) is 10.4. The van der Waals surface area contributed by atoms with Gasteiger partial charge in [-0.3, -0.25) is 0 Å². The molecule has 2 N–H and O–H groups in total. The van der Waals surface area contributed by atoms with Gasteiger partial charge in [0.1, 0.15) is 0 Å². The van der Waals surface area contributed by atoms with Crippen LogP contribution < -0.4 is 10.6 Å². The van der Waals surface area contributed by atoms with Gasteiger partial charge in [0.25, 0.3) is 0 Å². The monoisotopic (exact) mass is 216 g/mol. The predicted molar refractivity (Wildman–Crippen MR) is 63.6 cm³/mol. The minimum absolute atomic E-state index is 0.268. The summed E-state index contributed by atoms with van der Waals surface area (Å²) in [5, 5.41) is 6.78. The summed E-state index contributed by atoms with van der Waals surface area (Å²) in [5.74, 6) is 0. The molecule has 0 aliphatic carbocycles. The molecule has 0 radical (unpaired) electrons. The van der Waals surface area contributed by atoms with E-state index < -0.39 is 0 Å². The Hall–Kier alpha value is 0.0969. The van der Waals surface area contributed by atoms with Gasteiger partial charge in [0.15, 0.2) is 0 Å². The Labute approximate surface area is 90.4 Å². The second-order valence-electron chi connectivity index (χ2n) is 4.42. The van der Waals surface area contributed by atoms with E-state index in [1.54, 1.807) is 0 Å². The van der Waals surface area contributed by atoms with E-state index in [9.17, 15) is 0 Å². The van der Waals surface area contributed by atoms with Crippen molar-refractivity contribution in [3.05, 3.63) is 0 Å². The molecule has 1 aliphatic rings. The molecule has 4 heteroatoms. The minimum atomic E-state index is 0.268. The highest BCUT2D eigenvalue weighted by molar-refractivity contribution is 6.14. The molecule has 14 heavy (non-hydrogen) atoms. The molecule has 0 spiro atoms. The van der Waals surface area contributed by atoms with Gasteiger partial charge in [-0.05, 0) is 46.2 Å². The summed E-state index contributed by atoms with van der Waals surface area (Å²) in [6, 6.07) is 0. The first-order valence-electron chi connectivity index (χ1n) is 5.69. The largest absolute Gasteiger partial charge is 0.380 e. The molecule has 1 rings (SSSR count). The van der Waals surface area contributed by atoms with E-state index in [2.05, 4.69) is 10.6 Å². The van der Waals surface area contributed by atoms with Gasteiger partial charge >= 0.3 is 0 Å². The molecular formula is C10H24N2OSi. The van der Waals surface area contributed by atoms with Crippen molar-refractivity contribution in [3.63, 3.8) is 0 Å². The van der Waals surface area contributed by atoms with Crippen LogP contribution in [0, 0.1) is 0 Å². The van der Waals surface area contributed by atoms with E-state index in [0.29, 0.717) is 6.17 Å². The first-order chi connectivity index (χ1) is 6.70. The van der Waals surface area contributed by atoms with Gasteiger partial charge in [0.05, 0.1) is 6.17 Å². The molecule has 0 aromatic heterocycles. The van der Waals surface area contributed by atoms with Gasteiger partial charge in [-0.15, -0.1) is 0 Å². The Morgan fingerprint density at radius 3 is 2.57 bits per heavy atom. The van der Waals surface area contributed by atoms with Crippen molar-refractivity contribution in [1.29, 1.82) is 0 Å². The van der Waals surface area contributed by atoms with Crippen LogP contribution in [0.1, 0.15) is 32.1 Å². The third-order valence-corrected chi connectivity index (χ3v) is 4.50. The number of rotatable bonds is 5. The van der Waals surface area contributed by atoms with Crippen molar-refractivity contribution in [1.82, 2.24) is 10.6 Å². The Morgan fingerprint density at radius 2 is 2.07 bits per heavy atom. The van der Waals surface area contributed by atoms with Crippen molar-refractivity contribution in [2.75, 3.05) is 20.7 Å². The Kier molecular flexibility index (Phi) is 5.09.